The Morgan fingerprint density at radius 3 is 2.60 bits per heavy atom. The lowest BCUT2D eigenvalue weighted by Gasteiger charge is -2.05. The van der Waals surface area contributed by atoms with Gasteiger partial charge in [0, 0.05) is 6.04 Å². The summed E-state index contributed by atoms with van der Waals surface area (Å²) in [5.74, 6) is 0. The lowest BCUT2D eigenvalue weighted by atomic mass is 10.2. The zero-order chi connectivity index (χ0) is 7.56. The number of hydrogen-bond acceptors (Lipinski definition) is 1. The standard InChI is InChI=1S/C9H15N/c1-4-8-6-9(10-3)5-7(8)2/h4,9-10H,1,5-6H2,2-3H3. The molecule has 1 atom stereocenters. The largest absolute Gasteiger partial charge is 0.316 e. The van der Waals surface area contributed by atoms with Crippen LogP contribution in [0.3, 0.4) is 0 Å². The Bertz CT molecular complexity index is 168. The van der Waals surface area contributed by atoms with Gasteiger partial charge in [0.05, 0.1) is 0 Å². The van der Waals surface area contributed by atoms with E-state index in [0.717, 1.165) is 6.42 Å². The lowest BCUT2D eigenvalue weighted by molar-refractivity contribution is 0.590. The summed E-state index contributed by atoms with van der Waals surface area (Å²) in [7, 11) is 2.02. The molecule has 1 N–H and O–H groups in total. The molecule has 0 aromatic rings. The molecule has 0 heterocycles. The molecule has 0 saturated heterocycles. The van der Waals surface area contributed by atoms with Crippen LogP contribution in [0.5, 0.6) is 0 Å². The first kappa shape index (κ1) is 7.55. The molecule has 1 aliphatic rings. The highest BCUT2D eigenvalue weighted by Gasteiger charge is 2.17. The molecule has 0 aliphatic heterocycles. The van der Waals surface area contributed by atoms with Crippen molar-refractivity contribution in [1.82, 2.24) is 5.32 Å². The van der Waals surface area contributed by atoms with Crippen molar-refractivity contribution in [2.75, 3.05) is 7.05 Å². The third-order valence-corrected chi connectivity index (χ3v) is 2.22. The monoisotopic (exact) mass is 137 g/mol. The highest BCUT2D eigenvalue weighted by atomic mass is 14.9. The van der Waals surface area contributed by atoms with Gasteiger partial charge in [-0.05, 0) is 32.4 Å². The van der Waals surface area contributed by atoms with Gasteiger partial charge in [0.2, 0.25) is 0 Å². The van der Waals surface area contributed by atoms with Crippen LogP contribution in [0.25, 0.3) is 0 Å². The molecule has 56 valence electrons. The van der Waals surface area contributed by atoms with Crippen molar-refractivity contribution in [3.8, 4) is 0 Å². The molecule has 0 amide bonds. The smallest absolute Gasteiger partial charge is 0.0142 e. The number of allylic oxidation sites excluding steroid dienone is 1. The van der Waals surface area contributed by atoms with Crippen molar-refractivity contribution in [3.05, 3.63) is 23.8 Å². The molecule has 0 spiro atoms. The van der Waals surface area contributed by atoms with E-state index in [2.05, 4.69) is 18.8 Å². The van der Waals surface area contributed by atoms with Crippen molar-refractivity contribution in [1.29, 1.82) is 0 Å². The van der Waals surface area contributed by atoms with Gasteiger partial charge in [-0.1, -0.05) is 18.2 Å². The SMILES string of the molecule is C=CC1=C(C)CC(NC)C1. The molecule has 1 rings (SSSR count). The fourth-order valence-corrected chi connectivity index (χ4v) is 1.47. The highest BCUT2D eigenvalue weighted by Crippen LogP contribution is 2.25. The van der Waals surface area contributed by atoms with Crippen LogP contribution in [0.2, 0.25) is 0 Å². The molecule has 0 radical (unpaired) electrons. The molecule has 1 unspecified atom stereocenters. The van der Waals surface area contributed by atoms with E-state index in [0.29, 0.717) is 6.04 Å². The van der Waals surface area contributed by atoms with Crippen molar-refractivity contribution >= 4 is 0 Å². The molecule has 0 fully saturated rings. The molecule has 0 aromatic heterocycles. The first-order valence-electron chi connectivity index (χ1n) is 3.76. The topological polar surface area (TPSA) is 12.0 Å². The molecule has 10 heavy (non-hydrogen) atoms. The summed E-state index contributed by atoms with van der Waals surface area (Å²) in [4.78, 5) is 0. The van der Waals surface area contributed by atoms with Gasteiger partial charge in [-0.3, -0.25) is 0 Å². The second-order valence-electron chi connectivity index (χ2n) is 2.90. The summed E-state index contributed by atoms with van der Waals surface area (Å²) in [6.07, 6.45) is 4.33. The summed E-state index contributed by atoms with van der Waals surface area (Å²) in [5, 5.41) is 3.27. The zero-order valence-corrected chi connectivity index (χ0v) is 6.78. The summed E-state index contributed by atoms with van der Waals surface area (Å²) in [5.41, 5.74) is 2.92. The molecular formula is C9H15N. The quantitative estimate of drug-likeness (QED) is 0.612. The van der Waals surface area contributed by atoms with Crippen LogP contribution in [0.15, 0.2) is 23.8 Å². The van der Waals surface area contributed by atoms with E-state index in [1.807, 2.05) is 13.1 Å². The zero-order valence-electron chi connectivity index (χ0n) is 6.78. The van der Waals surface area contributed by atoms with E-state index in [-0.39, 0.29) is 0 Å². The Labute approximate surface area is 62.8 Å². The Hall–Kier alpha value is -0.560. The van der Waals surface area contributed by atoms with Crippen LogP contribution in [0, 0.1) is 0 Å². The van der Waals surface area contributed by atoms with Gasteiger partial charge in [-0.2, -0.15) is 0 Å². The Morgan fingerprint density at radius 2 is 2.30 bits per heavy atom. The Kier molecular flexibility index (Phi) is 2.28. The third-order valence-electron chi connectivity index (χ3n) is 2.22. The van der Waals surface area contributed by atoms with Gasteiger partial charge in [-0.25, -0.2) is 0 Å². The fraction of sp³-hybridized carbons (Fsp3) is 0.556. The molecule has 0 aromatic carbocycles. The summed E-state index contributed by atoms with van der Waals surface area (Å²) in [6, 6.07) is 0.660. The van der Waals surface area contributed by atoms with Gasteiger partial charge < -0.3 is 5.32 Å². The second-order valence-corrected chi connectivity index (χ2v) is 2.90. The fourth-order valence-electron chi connectivity index (χ4n) is 1.47. The minimum atomic E-state index is 0.660. The minimum Gasteiger partial charge on any atom is -0.316 e. The van der Waals surface area contributed by atoms with Crippen molar-refractivity contribution in [3.63, 3.8) is 0 Å². The second kappa shape index (κ2) is 3.02. The number of nitrogens with one attached hydrogen (secondary N) is 1. The van der Waals surface area contributed by atoms with Gasteiger partial charge in [-0.15, -0.1) is 0 Å². The maximum Gasteiger partial charge on any atom is 0.0142 e. The molecule has 0 bridgehead atoms. The van der Waals surface area contributed by atoms with Crippen LogP contribution in [0.4, 0.5) is 0 Å². The van der Waals surface area contributed by atoms with Crippen LogP contribution in [0.1, 0.15) is 19.8 Å². The third kappa shape index (κ3) is 1.29. The minimum absolute atomic E-state index is 0.660. The first-order chi connectivity index (χ1) is 4.77. The highest BCUT2D eigenvalue weighted by molar-refractivity contribution is 5.29. The van der Waals surface area contributed by atoms with Crippen molar-refractivity contribution in [2.45, 2.75) is 25.8 Å². The van der Waals surface area contributed by atoms with Crippen LogP contribution >= 0.6 is 0 Å². The van der Waals surface area contributed by atoms with E-state index in [4.69, 9.17) is 0 Å². The maximum atomic E-state index is 3.78. The van der Waals surface area contributed by atoms with Crippen LogP contribution < -0.4 is 5.32 Å². The molecule has 1 nitrogen and oxygen atoms in total. The van der Waals surface area contributed by atoms with E-state index in [9.17, 15) is 0 Å². The summed E-state index contributed by atoms with van der Waals surface area (Å²) < 4.78 is 0. The van der Waals surface area contributed by atoms with Gasteiger partial charge >= 0.3 is 0 Å². The van der Waals surface area contributed by atoms with Crippen molar-refractivity contribution in [2.24, 2.45) is 0 Å². The van der Waals surface area contributed by atoms with Crippen molar-refractivity contribution < 1.29 is 0 Å². The average Bonchev–Trinajstić information content (AvgIpc) is 2.30. The average molecular weight is 137 g/mol. The molecule has 1 heteroatoms. The van der Waals surface area contributed by atoms with Crippen LogP contribution in [-0.4, -0.2) is 13.1 Å². The molecule has 1 aliphatic carbocycles. The first-order valence-corrected chi connectivity index (χ1v) is 3.76. The summed E-state index contributed by atoms with van der Waals surface area (Å²) >= 11 is 0. The Morgan fingerprint density at radius 1 is 1.60 bits per heavy atom. The predicted octanol–water partition coefficient (Wildman–Crippen LogP) is 1.87. The summed E-state index contributed by atoms with van der Waals surface area (Å²) in [6.45, 7) is 5.97. The van der Waals surface area contributed by atoms with E-state index < -0.39 is 0 Å². The molecular weight excluding hydrogens is 122 g/mol. The lowest BCUT2D eigenvalue weighted by Crippen LogP contribution is -2.21. The van der Waals surface area contributed by atoms with E-state index >= 15 is 0 Å². The predicted molar refractivity (Wildman–Crippen MR) is 45.0 cm³/mol. The number of hydrogen-bond donors (Lipinski definition) is 1. The Balaban J connectivity index is 2.58. The van der Waals surface area contributed by atoms with Gasteiger partial charge in [0.15, 0.2) is 0 Å². The van der Waals surface area contributed by atoms with E-state index in [1.54, 1.807) is 0 Å². The normalized spacial score (nSPS) is 25.6. The maximum absolute atomic E-state index is 3.78. The van der Waals surface area contributed by atoms with Gasteiger partial charge in [0.25, 0.3) is 0 Å². The van der Waals surface area contributed by atoms with Crippen LogP contribution in [-0.2, 0) is 0 Å². The number of rotatable bonds is 2. The van der Waals surface area contributed by atoms with Gasteiger partial charge in [0.1, 0.15) is 0 Å². The molecule has 0 saturated carbocycles. The van der Waals surface area contributed by atoms with E-state index in [1.165, 1.54) is 17.6 Å².